The number of carbonyl (C=O) groups excluding carboxylic acids is 1. The van der Waals surface area contributed by atoms with Gasteiger partial charge >= 0.3 is 14.2 Å². The van der Waals surface area contributed by atoms with Gasteiger partial charge in [-0.2, -0.15) is 0 Å². The Labute approximate surface area is 132 Å². The summed E-state index contributed by atoms with van der Waals surface area (Å²) in [6, 6.07) is 0. The molecule has 0 aliphatic heterocycles. The van der Waals surface area contributed by atoms with Gasteiger partial charge in [0.2, 0.25) is 0 Å². The number of unbranched alkanes of at least 4 members (excludes halogenated alkanes) is 3. The van der Waals surface area contributed by atoms with E-state index in [4.69, 9.17) is 18.9 Å². The minimum atomic E-state index is -3.13. The predicted molar refractivity (Wildman–Crippen MR) is 90.2 cm³/mol. The van der Waals surface area contributed by atoms with Crippen LogP contribution in [0, 0.1) is 5.41 Å². The van der Waals surface area contributed by atoms with Gasteiger partial charge in [0.25, 0.3) is 0 Å². The number of rotatable bonds is 10. The van der Waals surface area contributed by atoms with E-state index in [1.807, 2.05) is 0 Å². The van der Waals surface area contributed by atoms with Crippen molar-refractivity contribution in [1.29, 1.82) is 0 Å². The van der Waals surface area contributed by atoms with Crippen LogP contribution in [0.1, 0.15) is 78.6 Å². The van der Waals surface area contributed by atoms with Gasteiger partial charge in [-0.3, -0.25) is 9.36 Å². The normalized spacial score (nSPS) is 11.0. The topological polar surface area (TPSA) is 83.8 Å². The van der Waals surface area contributed by atoms with Gasteiger partial charge in [-0.05, 0) is 19.3 Å². The molecule has 1 unspecified atom stereocenters. The van der Waals surface area contributed by atoms with E-state index in [1.165, 1.54) is 0 Å². The van der Waals surface area contributed by atoms with Gasteiger partial charge in [-0.1, -0.05) is 59.3 Å². The molecule has 0 bridgehead atoms. The fourth-order valence-electron chi connectivity index (χ4n) is 2.35. The highest BCUT2D eigenvalue weighted by Gasteiger charge is 2.37. The second-order valence-electron chi connectivity index (χ2n) is 5.28. The average molecular weight is 342 g/mol. The lowest BCUT2D eigenvalue weighted by atomic mass is 9.74. The predicted octanol–water partition coefficient (Wildman–Crippen LogP) is 4.24. The molecule has 0 heterocycles. The summed E-state index contributed by atoms with van der Waals surface area (Å²) in [6.07, 6.45) is 9.73. The molecule has 1 atom stereocenters. The molecular weight excluding hydrogens is 310 g/mol. The molecule has 0 rings (SSSR count). The van der Waals surface area contributed by atoms with E-state index in [-0.39, 0.29) is 11.4 Å². The number of carbonyl (C=O) groups is 1. The molecule has 0 radical (unpaired) electrons. The Hall–Kier alpha value is 0.0500. The standard InChI is InChI=1S/C14H29O2P.H3O3P/c1-4-7-10-14(11-8-5-2,12-9-6-3)13(15)16-17;1-4(2)3/h4-12,17H2,1-3H3;4H,(H2,1,2,3). The van der Waals surface area contributed by atoms with Crippen molar-refractivity contribution in [3.8, 4) is 0 Å². The first-order valence-corrected chi connectivity index (χ1v) is 9.50. The van der Waals surface area contributed by atoms with Crippen molar-refractivity contribution >= 4 is 23.7 Å². The lowest BCUT2D eigenvalue weighted by molar-refractivity contribution is -0.146. The molecule has 0 aromatic carbocycles. The fourth-order valence-corrected chi connectivity index (χ4v) is 2.60. The molecule has 128 valence electrons. The van der Waals surface area contributed by atoms with Gasteiger partial charge in [0.15, 0.2) is 0 Å². The first-order valence-electron chi connectivity index (χ1n) is 7.73. The quantitative estimate of drug-likeness (QED) is 0.580. The van der Waals surface area contributed by atoms with Crippen LogP contribution in [0.3, 0.4) is 0 Å². The molecular formula is C14H32O5P2. The lowest BCUT2D eigenvalue weighted by Gasteiger charge is -2.31. The van der Waals surface area contributed by atoms with Crippen molar-refractivity contribution in [2.24, 2.45) is 5.41 Å². The van der Waals surface area contributed by atoms with Crippen LogP contribution < -0.4 is 0 Å². The minimum absolute atomic E-state index is 0.0159. The summed E-state index contributed by atoms with van der Waals surface area (Å²) < 4.78 is 13.7. The van der Waals surface area contributed by atoms with Crippen molar-refractivity contribution in [2.75, 3.05) is 0 Å². The van der Waals surface area contributed by atoms with E-state index in [1.54, 1.807) is 0 Å². The van der Waals surface area contributed by atoms with Crippen LogP contribution in [0.25, 0.3) is 0 Å². The summed E-state index contributed by atoms with van der Waals surface area (Å²) in [6.45, 7) is 6.53. The minimum Gasteiger partial charge on any atom is -0.451 e. The number of hydrogen-bond acceptors (Lipinski definition) is 3. The summed E-state index contributed by atoms with van der Waals surface area (Å²) >= 11 is 0. The van der Waals surface area contributed by atoms with Gasteiger partial charge < -0.3 is 14.3 Å². The van der Waals surface area contributed by atoms with E-state index >= 15 is 0 Å². The van der Waals surface area contributed by atoms with Crippen LogP contribution in [0.5, 0.6) is 0 Å². The van der Waals surface area contributed by atoms with Crippen LogP contribution in [0.15, 0.2) is 0 Å². The van der Waals surface area contributed by atoms with Crippen LogP contribution in [0.2, 0.25) is 0 Å². The maximum absolute atomic E-state index is 12.1. The molecule has 0 aliphatic rings. The van der Waals surface area contributed by atoms with Crippen molar-refractivity contribution in [3.05, 3.63) is 0 Å². The molecule has 0 aromatic heterocycles. The van der Waals surface area contributed by atoms with Crippen molar-refractivity contribution in [1.82, 2.24) is 0 Å². The molecule has 0 spiro atoms. The van der Waals surface area contributed by atoms with E-state index in [0.29, 0.717) is 0 Å². The zero-order chi connectivity index (χ0) is 16.7. The molecule has 0 saturated heterocycles. The van der Waals surface area contributed by atoms with Crippen LogP contribution in [-0.2, 0) is 13.9 Å². The highest BCUT2D eigenvalue weighted by Crippen LogP contribution is 2.38. The second-order valence-corrected chi connectivity index (χ2v) is 6.08. The van der Waals surface area contributed by atoms with Gasteiger partial charge in [-0.15, -0.1) is 0 Å². The Morgan fingerprint density at radius 1 is 1.00 bits per heavy atom. The zero-order valence-electron chi connectivity index (χ0n) is 13.6. The lowest BCUT2D eigenvalue weighted by Crippen LogP contribution is -2.31. The SMILES string of the molecule is CCCCC(CCCC)(CCCC)C(=O)OP.O=[PH](O)O. The molecule has 0 aliphatic carbocycles. The maximum atomic E-state index is 12.1. The summed E-state index contributed by atoms with van der Waals surface area (Å²) in [5.74, 6) is -0.0159. The van der Waals surface area contributed by atoms with Crippen LogP contribution in [0.4, 0.5) is 0 Å². The van der Waals surface area contributed by atoms with Crippen molar-refractivity contribution < 1.29 is 23.7 Å². The van der Waals surface area contributed by atoms with E-state index < -0.39 is 8.25 Å². The molecule has 0 saturated carbocycles. The smallest absolute Gasteiger partial charge is 0.314 e. The Morgan fingerprint density at radius 3 is 1.48 bits per heavy atom. The largest absolute Gasteiger partial charge is 0.451 e. The second kappa shape index (κ2) is 15.0. The summed E-state index contributed by atoms with van der Waals surface area (Å²) in [7, 11) is -1.00. The maximum Gasteiger partial charge on any atom is 0.314 e. The third-order valence-corrected chi connectivity index (χ3v) is 3.78. The van der Waals surface area contributed by atoms with Crippen LogP contribution in [-0.4, -0.2) is 15.8 Å². The van der Waals surface area contributed by atoms with Gasteiger partial charge in [0.05, 0.1) is 14.9 Å². The zero-order valence-corrected chi connectivity index (χ0v) is 15.7. The molecule has 0 aromatic rings. The van der Waals surface area contributed by atoms with Crippen molar-refractivity contribution in [3.63, 3.8) is 0 Å². The van der Waals surface area contributed by atoms with E-state index in [2.05, 4.69) is 30.2 Å². The average Bonchev–Trinajstić information content (AvgIpc) is 2.45. The Morgan fingerprint density at radius 2 is 1.29 bits per heavy atom. The fraction of sp³-hybridized carbons (Fsp3) is 0.929. The van der Waals surface area contributed by atoms with Gasteiger partial charge in [0, 0.05) is 0 Å². The first-order chi connectivity index (χ1) is 9.90. The molecule has 0 amide bonds. The third-order valence-electron chi connectivity index (χ3n) is 3.57. The molecule has 5 nitrogen and oxygen atoms in total. The van der Waals surface area contributed by atoms with Gasteiger partial charge in [0.1, 0.15) is 0 Å². The monoisotopic (exact) mass is 342 g/mol. The highest BCUT2D eigenvalue weighted by molar-refractivity contribution is 7.30. The van der Waals surface area contributed by atoms with E-state index in [9.17, 15) is 4.79 Å². The van der Waals surface area contributed by atoms with Crippen molar-refractivity contribution in [2.45, 2.75) is 78.6 Å². The van der Waals surface area contributed by atoms with E-state index in [0.717, 1.165) is 57.8 Å². The highest BCUT2D eigenvalue weighted by atomic mass is 31.1. The Kier molecular flexibility index (Phi) is 16.6. The molecule has 21 heavy (non-hydrogen) atoms. The van der Waals surface area contributed by atoms with Gasteiger partial charge in [-0.25, -0.2) is 0 Å². The van der Waals surface area contributed by atoms with Crippen LogP contribution >= 0.6 is 17.7 Å². The Bertz CT molecular complexity index is 259. The molecule has 2 N–H and O–H groups in total. The summed E-state index contributed by atoms with van der Waals surface area (Å²) in [5, 5.41) is 0. The number of hydrogen-bond donors (Lipinski definition) is 2. The summed E-state index contributed by atoms with van der Waals surface area (Å²) in [5.41, 5.74) is -0.218. The summed E-state index contributed by atoms with van der Waals surface area (Å²) in [4.78, 5) is 26.4. The molecule has 0 fully saturated rings. The molecule has 7 heteroatoms. The Balaban J connectivity index is 0. The third kappa shape index (κ3) is 12.3. The first kappa shape index (κ1) is 23.3.